The topological polar surface area (TPSA) is 52.5 Å². The summed E-state index contributed by atoms with van der Waals surface area (Å²) in [6, 6.07) is 9.28. The summed E-state index contributed by atoms with van der Waals surface area (Å²) >= 11 is 0. The minimum absolute atomic E-state index is 0.00400. The molecule has 6 nitrogen and oxygen atoms in total. The SMILES string of the molecule is C=C1N=C(N2CCC3(CC2)OCc2ccccc23)OC12CC(OC)C(OC)C2. The van der Waals surface area contributed by atoms with E-state index in [1.165, 1.54) is 11.1 Å². The van der Waals surface area contributed by atoms with E-state index >= 15 is 0 Å². The number of methoxy groups -OCH3 is 2. The van der Waals surface area contributed by atoms with Crippen molar-refractivity contribution < 1.29 is 18.9 Å². The monoisotopic (exact) mass is 384 g/mol. The molecular weight excluding hydrogens is 356 g/mol. The first kappa shape index (κ1) is 18.2. The second kappa shape index (κ2) is 6.58. The van der Waals surface area contributed by atoms with Crippen molar-refractivity contribution in [3.8, 4) is 0 Å². The van der Waals surface area contributed by atoms with E-state index in [1.54, 1.807) is 14.2 Å². The van der Waals surface area contributed by atoms with Gasteiger partial charge in [0, 0.05) is 40.2 Å². The lowest BCUT2D eigenvalue weighted by Gasteiger charge is -2.40. The van der Waals surface area contributed by atoms with Crippen LogP contribution in [0.2, 0.25) is 0 Å². The second-order valence-corrected chi connectivity index (χ2v) is 8.32. The van der Waals surface area contributed by atoms with Gasteiger partial charge in [0.1, 0.15) is 0 Å². The fourth-order valence-corrected chi connectivity index (χ4v) is 5.25. The summed E-state index contributed by atoms with van der Waals surface area (Å²) in [5.74, 6) is 0. The first-order chi connectivity index (χ1) is 13.6. The Hall–Kier alpha value is -1.89. The predicted octanol–water partition coefficient (Wildman–Crippen LogP) is 2.97. The number of amidine groups is 1. The van der Waals surface area contributed by atoms with Crippen molar-refractivity contribution in [2.75, 3.05) is 27.3 Å². The van der Waals surface area contributed by atoms with E-state index < -0.39 is 5.60 Å². The van der Waals surface area contributed by atoms with Crippen LogP contribution < -0.4 is 0 Å². The molecule has 1 saturated carbocycles. The van der Waals surface area contributed by atoms with Crippen LogP contribution in [0.4, 0.5) is 0 Å². The zero-order valence-corrected chi connectivity index (χ0v) is 16.6. The third kappa shape index (κ3) is 2.62. The van der Waals surface area contributed by atoms with Crippen molar-refractivity contribution >= 4 is 6.02 Å². The van der Waals surface area contributed by atoms with Crippen LogP contribution in [0.3, 0.4) is 0 Å². The van der Waals surface area contributed by atoms with Gasteiger partial charge in [-0.3, -0.25) is 0 Å². The van der Waals surface area contributed by atoms with E-state index in [2.05, 4.69) is 35.7 Å². The predicted molar refractivity (Wildman–Crippen MR) is 105 cm³/mol. The number of hydrogen-bond acceptors (Lipinski definition) is 6. The Morgan fingerprint density at radius 2 is 1.75 bits per heavy atom. The molecule has 0 aromatic heterocycles. The molecule has 0 amide bonds. The smallest absolute Gasteiger partial charge is 0.293 e. The first-order valence-electron chi connectivity index (χ1n) is 10.1. The third-order valence-corrected chi connectivity index (χ3v) is 6.98. The van der Waals surface area contributed by atoms with Crippen LogP contribution in [0.15, 0.2) is 41.5 Å². The summed E-state index contributed by atoms with van der Waals surface area (Å²) in [5.41, 5.74) is 2.80. The Morgan fingerprint density at radius 3 is 2.43 bits per heavy atom. The Bertz CT molecular complexity index is 801. The molecule has 2 fully saturated rings. The number of fused-ring (bicyclic) bond motifs is 2. The number of nitrogens with zero attached hydrogens (tertiary/aromatic N) is 2. The van der Waals surface area contributed by atoms with Gasteiger partial charge < -0.3 is 23.8 Å². The maximum absolute atomic E-state index is 6.42. The first-order valence-corrected chi connectivity index (χ1v) is 10.1. The van der Waals surface area contributed by atoms with Crippen LogP contribution in [0.5, 0.6) is 0 Å². The van der Waals surface area contributed by atoms with Gasteiger partial charge in [-0.1, -0.05) is 30.8 Å². The normalized spacial score (nSPS) is 33.4. The number of likely N-dealkylation sites (tertiary alicyclic amines) is 1. The van der Waals surface area contributed by atoms with Gasteiger partial charge in [-0.2, -0.15) is 4.99 Å². The van der Waals surface area contributed by atoms with Gasteiger partial charge in [0.05, 0.1) is 30.1 Å². The van der Waals surface area contributed by atoms with Crippen LogP contribution in [-0.2, 0) is 31.2 Å². The lowest BCUT2D eigenvalue weighted by Crippen LogP contribution is -2.46. The number of hydrogen-bond donors (Lipinski definition) is 0. The highest BCUT2D eigenvalue weighted by molar-refractivity contribution is 5.79. The molecule has 28 heavy (non-hydrogen) atoms. The standard InChI is InChI=1S/C22H28N2O4/c1-15-22(12-18(25-2)19(13-22)26-3)28-20(23-15)24-10-8-21(9-11-24)17-7-5-4-6-16(17)14-27-21/h4-7,18-19H,1,8-14H2,2-3H3. The van der Waals surface area contributed by atoms with Gasteiger partial charge in [-0.05, 0) is 24.0 Å². The maximum Gasteiger partial charge on any atom is 0.293 e. The third-order valence-electron chi connectivity index (χ3n) is 6.98. The zero-order valence-electron chi connectivity index (χ0n) is 16.6. The van der Waals surface area contributed by atoms with Crippen molar-refractivity contribution in [1.29, 1.82) is 0 Å². The summed E-state index contributed by atoms with van der Waals surface area (Å²) in [6.45, 7) is 6.63. The maximum atomic E-state index is 6.42. The fourth-order valence-electron chi connectivity index (χ4n) is 5.25. The van der Waals surface area contributed by atoms with Crippen LogP contribution in [0, 0.1) is 0 Å². The average Bonchev–Trinajstić information content (AvgIpc) is 3.38. The van der Waals surface area contributed by atoms with Gasteiger partial charge >= 0.3 is 0 Å². The highest BCUT2D eigenvalue weighted by Crippen LogP contribution is 2.47. The van der Waals surface area contributed by atoms with Crippen molar-refractivity contribution in [3.63, 3.8) is 0 Å². The highest BCUT2D eigenvalue weighted by Gasteiger charge is 2.54. The van der Waals surface area contributed by atoms with E-state index in [0.29, 0.717) is 12.6 Å². The van der Waals surface area contributed by atoms with Crippen LogP contribution in [-0.4, -0.2) is 56.0 Å². The van der Waals surface area contributed by atoms with Gasteiger partial charge in [-0.25, -0.2) is 0 Å². The molecule has 0 bridgehead atoms. The summed E-state index contributed by atoms with van der Waals surface area (Å²) in [4.78, 5) is 6.95. The van der Waals surface area contributed by atoms with Crippen LogP contribution >= 0.6 is 0 Å². The largest absolute Gasteiger partial charge is 0.452 e. The molecule has 2 atom stereocenters. The van der Waals surface area contributed by atoms with E-state index in [9.17, 15) is 0 Å². The van der Waals surface area contributed by atoms with Gasteiger partial charge in [0.25, 0.3) is 6.02 Å². The van der Waals surface area contributed by atoms with E-state index in [0.717, 1.165) is 44.5 Å². The molecule has 2 spiro atoms. The van der Waals surface area contributed by atoms with Crippen LogP contribution in [0.25, 0.3) is 0 Å². The Morgan fingerprint density at radius 1 is 1.07 bits per heavy atom. The molecule has 2 unspecified atom stereocenters. The molecule has 6 heteroatoms. The molecule has 5 rings (SSSR count). The second-order valence-electron chi connectivity index (χ2n) is 8.32. The summed E-state index contributed by atoms with van der Waals surface area (Å²) < 4.78 is 23.9. The molecule has 4 aliphatic rings. The molecule has 3 heterocycles. The summed E-state index contributed by atoms with van der Waals surface area (Å²) in [5, 5.41) is 0. The molecule has 150 valence electrons. The summed E-state index contributed by atoms with van der Waals surface area (Å²) in [7, 11) is 3.44. The van der Waals surface area contributed by atoms with Crippen LogP contribution in [0.1, 0.15) is 36.8 Å². The Kier molecular flexibility index (Phi) is 4.27. The molecule has 0 N–H and O–H groups in total. The molecule has 3 aliphatic heterocycles. The molecular formula is C22H28N2O4. The quantitative estimate of drug-likeness (QED) is 0.785. The Balaban J connectivity index is 1.28. The number of rotatable bonds is 2. The molecule has 1 aromatic rings. The lowest BCUT2D eigenvalue weighted by atomic mass is 9.84. The van der Waals surface area contributed by atoms with E-state index in [-0.39, 0.29) is 17.8 Å². The van der Waals surface area contributed by atoms with Crippen molar-refractivity contribution in [1.82, 2.24) is 4.90 Å². The number of piperidine rings is 1. The minimum Gasteiger partial charge on any atom is -0.452 e. The average molecular weight is 384 g/mol. The van der Waals surface area contributed by atoms with Gasteiger partial charge in [-0.15, -0.1) is 0 Å². The van der Waals surface area contributed by atoms with E-state index in [1.807, 2.05) is 0 Å². The van der Waals surface area contributed by atoms with Crippen molar-refractivity contribution in [2.45, 2.75) is 55.7 Å². The Labute approximate surface area is 166 Å². The number of aliphatic imine (C=N–C) groups is 1. The van der Waals surface area contributed by atoms with Crippen molar-refractivity contribution in [3.05, 3.63) is 47.7 Å². The van der Waals surface area contributed by atoms with Crippen molar-refractivity contribution in [2.24, 2.45) is 4.99 Å². The zero-order chi connectivity index (χ0) is 19.4. The molecule has 1 saturated heterocycles. The van der Waals surface area contributed by atoms with Gasteiger partial charge in [0.2, 0.25) is 0 Å². The minimum atomic E-state index is -0.498. The molecule has 0 radical (unpaired) electrons. The fraction of sp³-hybridized carbons (Fsp3) is 0.591. The number of ether oxygens (including phenoxy) is 4. The summed E-state index contributed by atoms with van der Waals surface area (Å²) in [6.07, 6.45) is 3.33. The number of benzene rings is 1. The molecule has 1 aliphatic carbocycles. The highest BCUT2D eigenvalue weighted by atomic mass is 16.6. The molecule has 1 aromatic carbocycles. The van der Waals surface area contributed by atoms with Gasteiger partial charge in [0.15, 0.2) is 5.60 Å². The lowest BCUT2D eigenvalue weighted by molar-refractivity contribution is -0.0738. The van der Waals surface area contributed by atoms with E-state index in [4.69, 9.17) is 23.9 Å².